The summed E-state index contributed by atoms with van der Waals surface area (Å²) in [6.07, 6.45) is 0. The van der Waals surface area contributed by atoms with Crippen LogP contribution in [0.1, 0.15) is 0 Å². The van der Waals surface area contributed by atoms with Gasteiger partial charge in [-0.15, -0.1) is 0 Å². The predicted molar refractivity (Wildman–Crippen MR) is 147 cm³/mol. The molecule has 6 aromatic rings. The van der Waals surface area contributed by atoms with Crippen molar-refractivity contribution >= 4 is 0 Å². The Balaban J connectivity index is 1.39. The number of aromatic nitrogens is 3. The summed E-state index contributed by atoms with van der Waals surface area (Å²) in [5.74, 6) is 0.619. The van der Waals surface area contributed by atoms with Crippen molar-refractivity contribution in [2.45, 2.75) is 0 Å². The zero-order valence-electron chi connectivity index (χ0n) is 20.2. The lowest BCUT2D eigenvalue weighted by Gasteiger charge is -2.10. The van der Waals surface area contributed by atoms with Crippen molar-refractivity contribution < 1.29 is 8.78 Å². The zero-order valence-corrected chi connectivity index (χ0v) is 20.2. The molecule has 0 amide bonds. The van der Waals surface area contributed by atoms with Gasteiger partial charge in [0.05, 0.1) is 0 Å². The molecule has 5 aromatic carbocycles. The van der Waals surface area contributed by atoms with E-state index in [1.807, 2.05) is 42.5 Å². The quantitative estimate of drug-likeness (QED) is 0.240. The van der Waals surface area contributed by atoms with Crippen molar-refractivity contribution in [2.75, 3.05) is 0 Å². The van der Waals surface area contributed by atoms with Gasteiger partial charge in [-0.1, -0.05) is 72.8 Å². The van der Waals surface area contributed by atoms with Crippen molar-refractivity contribution in [3.05, 3.63) is 139 Å². The number of rotatable bonds is 5. The summed E-state index contributed by atoms with van der Waals surface area (Å²) in [6, 6.07) is 38.7. The summed E-state index contributed by atoms with van der Waals surface area (Å²) in [7, 11) is 0. The van der Waals surface area contributed by atoms with Gasteiger partial charge in [0.15, 0.2) is 17.5 Å². The summed E-state index contributed by atoms with van der Waals surface area (Å²) in [6.45, 7) is 0. The minimum Gasteiger partial charge on any atom is -0.208 e. The Morgan fingerprint density at radius 2 is 0.658 bits per heavy atom. The number of nitrogens with zero attached hydrogens (tertiary/aromatic N) is 3. The number of hydrogen-bond donors (Lipinski definition) is 0. The highest BCUT2D eigenvalue weighted by atomic mass is 19.1. The molecule has 0 unspecified atom stereocenters. The SMILES string of the molecule is Fc1ccc(-c2nc(-c3ccc(F)cc3)nc(-c3ccc(-c4cccc(-c5ccccc5)c4)cc3)n2)cc1. The normalized spacial score (nSPS) is 10.9. The minimum absolute atomic E-state index is 0.339. The van der Waals surface area contributed by atoms with Crippen molar-refractivity contribution in [1.29, 1.82) is 0 Å². The van der Waals surface area contributed by atoms with Crippen molar-refractivity contribution in [1.82, 2.24) is 15.0 Å². The molecule has 0 aliphatic carbocycles. The van der Waals surface area contributed by atoms with Crippen LogP contribution in [0, 0.1) is 11.6 Å². The van der Waals surface area contributed by atoms with E-state index in [0.29, 0.717) is 28.6 Å². The molecule has 38 heavy (non-hydrogen) atoms. The van der Waals surface area contributed by atoms with Gasteiger partial charge in [-0.05, 0) is 76.9 Å². The Hall–Kier alpha value is -5.03. The monoisotopic (exact) mass is 497 g/mol. The van der Waals surface area contributed by atoms with Gasteiger partial charge in [-0.25, -0.2) is 23.7 Å². The second-order valence-corrected chi connectivity index (χ2v) is 8.84. The molecule has 0 bridgehead atoms. The second-order valence-electron chi connectivity index (χ2n) is 8.84. The lowest BCUT2D eigenvalue weighted by atomic mass is 9.98. The van der Waals surface area contributed by atoms with E-state index < -0.39 is 0 Å². The van der Waals surface area contributed by atoms with E-state index in [1.165, 1.54) is 24.3 Å². The van der Waals surface area contributed by atoms with Crippen LogP contribution in [0.15, 0.2) is 127 Å². The molecule has 0 saturated carbocycles. The fourth-order valence-corrected chi connectivity index (χ4v) is 4.28. The van der Waals surface area contributed by atoms with Gasteiger partial charge in [0, 0.05) is 16.7 Å². The third kappa shape index (κ3) is 4.95. The first-order valence-electron chi connectivity index (χ1n) is 12.2. The molecule has 6 rings (SSSR count). The average molecular weight is 498 g/mol. The topological polar surface area (TPSA) is 38.7 Å². The molecule has 1 heterocycles. The van der Waals surface area contributed by atoms with Gasteiger partial charge in [-0.3, -0.25) is 0 Å². The standard InChI is InChI=1S/C33H21F2N3/c34-29-17-13-25(14-18-29)32-36-31(37-33(38-32)26-15-19-30(35)20-16-26)24-11-9-23(10-12-24)28-8-4-7-27(21-28)22-5-2-1-3-6-22/h1-21H. The molecule has 5 heteroatoms. The molecule has 3 nitrogen and oxygen atoms in total. The van der Waals surface area contributed by atoms with Crippen LogP contribution in [0.25, 0.3) is 56.4 Å². The molecule has 0 aliphatic heterocycles. The summed E-state index contributed by atoms with van der Waals surface area (Å²) >= 11 is 0. The molecular weight excluding hydrogens is 476 g/mol. The smallest absolute Gasteiger partial charge is 0.164 e. The van der Waals surface area contributed by atoms with Crippen LogP contribution < -0.4 is 0 Å². The van der Waals surface area contributed by atoms with E-state index in [1.54, 1.807) is 24.3 Å². The lowest BCUT2D eigenvalue weighted by molar-refractivity contribution is 0.627. The van der Waals surface area contributed by atoms with E-state index in [4.69, 9.17) is 0 Å². The molecule has 0 saturated heterocycles. The van der Waals surface area contributed by atoms with Crippen LogP contribution in [-0.4, -0.2) is 15.0 Å². The Morgan fingerprint density at radius 3 is 1.11 bits per heavy atom. The number of benzene rings is 5. The summed E-state index contributed by atoms with van der Waals surface area (Å²) < 4.78 is 27.1. The maximum atomic E-state index is 13.5. The molecule has 0 atom stereocenters. The van der Waals surface area contributed by atoms with Crippen LogP contribution in [0.5, 0.6) is 0 Å². The first-order valence-corrected chi connectivity index (χ1v) is 12.2. The van der Waals surface area contributed by atoms with Crippen LogP contribution in [0.2, 0.25) is 0 Å². The van der Waals surface area contributed by atoms with Gasteiger partial charge in [0.2, 0.25) is 0 Å². The third-order valence-electron chi connectivity index (χ3n) is 6.29. The van der Waals surface area contributed by atoms with Gasteiger partial charge in [0.25, 0.3) is 0 Å². The number of halogens is 2. The Bertz CT molecular complexity index is 1630. The molecule has 0 radical (unpaired) electrons. The predicted octanol–water partition coefficient (Wildman–Crippen LogP) is 8.48. The second kappa shape index (κ2) is 10.1. The summed E-state index contributed by atoms with van der Waals surface area (Å²) in [5.41, 5.74) is 6.61. The van der Waals surface area contributed by atoms with Gasteiger partial charge < -0.3 is 0 Å². The molecule has 1 aromatic heterocycles. The molecule has 0 N–H and O–H groups in total. The maximum Gasteiger partial charge on any atom is 0.164 e. The summed E-state index contributed by atoms with van der Waals surface area (Å²) in [4.78, 5) is 14.0. The fourth-order valence-electron chi connectivity index (χ4n) is 4.28. The van der Waals surface area contributed by atoms with E-state index >= 15 is 0 Å². The van der Waals surface area contributed by atoms with Crippen molar-refractivity contribution in [2.24, 2.45) is 0 Å². The average Bonchev–Trinajstić information content (AvgIpc) is 2.98. The van der Waals surface area contributed by atoms with E-state index in [2.05, 4.69) is 51.4 Å². The number of hydrogen-bond acceptors (Lipinski definition) is 3. The van der Waals surface area contributed by atoms with Crippen molar-refractivity contribution in [3.8, 4) is 56.4 Å². The van der Waals surface area contributed by atoms with Crippen LogP contribution in [-0.2, 0) is 0 Å². The maximum absolute atomic E-state index is 13.5. The van der Waals surface area contributed by atoms with Crippen molar-refractivity contribution in [3.63, 3.8) is 0 Å². The summed E-state index contributed by atoms with van der Waals surface area (Å²) in [5, 5.41) is 0. The molecule has 0 fully saturated rings. The highest BCUT2D eigenvalue weighted by molar-refractivity contribution is 5.75. The van der Waals surface area contributed by atoms with Crippen LogP contribution in [0.4, 0.5) is 8.78 Å². The van der Waals surface area contributed by atoms with Crippen LogP contribution >= 0.6 is 0 Å². The first-order chi connectivity index (χ1) is 18.6. The lowest BCUT2D eigenvalue weighted by Crippen LogP contribution is -2.00. The molecule has 0 spiro atoms. The first kappa shape index (κ1) is 23.4. The fraction of sp³-hybridized carbons (Fsp3) is 0. The Morgan fingerprint density at radius 1 is 0.316 bits per heavy atom. The van der Waals surface area contributed by atoms with Gasteiger partial charge in [-0.2, -0.15) is 0 Å². The largest absolute Gasteiger partial charge is 0.208 e. The highest BCUT2D eigenvalue weighted by Gasteiger charge is 2.13. The van der Waals surface area contributed by atoms with Crippen LogP contribution in [0.3, 0.4) is 0 Å². The van der Waals surface area contributed by atoms with E-state index in [0.717, 1.165) is 27.8 Å². The zero-order chi connectivity index (χ0) is 25.9. The Kier molecular flexibility index (Phi) is 6.24. The molecular formula is C33H21F2N3. The van der Waals surface area contributed by atoms with Gasteiger partial charge >= 0.3 is 0 Å². The van der Waals surface area contributed by atoms with E-state index in [9.17, 15) is 8.78 Å². The van der Waals surface area contributed by atoms with E-state index in [-0.39, 0.29) is 11.6 Å². The highest BCUT2D eigenvalue weighted by Crippen LogP contribution is 2.29. The minimum atomic E-state index is -0.339. The third-order valence-corrected chi connectivity index (χ3v) is 6.29. The Labute approximate surface area is 219 Å². The van der Waals surface area contributed by atoms with Gasteiger partial charge in [0.1, 0.15) is 11.6 Å². The molecule has 0 aliphatic rings. The molecule has 182 valence electrons.